The zero-order chi connectivity index (χ0) is 16.9. The Balaban J connectivity index is 1.51. The van der Waals surface area contributed by atoms with E-state index in [2.05, 4.69) is 34.4 Å². The SMILES string of the molecule is Cc1cc(CC(=O)Nc2ccc(CN3CCCC(C)C3)cc2)no1. The van der Waals surface area contributed by atoms with Crippen LogP contribution in [0.5, 0.6) is 0 Å². The summed E-state index contributed by atoms with van der Waals surface area (Å²) in [5.41, 5.74) is 2.76. The maximum absolute atomic E-state index is 12.0. The number of likely N-dealkylation sites (tertiary alicyclic amines) is 1. The maximum Gasteiger partial charge on any atom is 0.230 e. The lowest BCUT2D eigenvalue weighted by Crippen LogP contribution is -2.33. The van der Waals surface area contributed by atoms with Crippen LogP contribution in [0.4, 0.5) is 5.69 Å². The van der Waals surface area contributed by atoms with E-state index in [1.54, 1.807) is 6.07 Å². The molecule has 3 rings (SSSR count). The Morgan fingerprint density at radius 2 is 2.17 bits per heavy atom. The predicted molar refractivity (Wildman–Crippen MR) is 93.7 cm³/mol. The molecular weight excluding hydrogens is 302 g/mol. The summed E-state index contributed by atoms with van der Waals surface area (Å²) >= 11 is 0. The van der Waals surface area contributed by atoms with E-state index in [-0.39, 0.29) is 12.3 Å². The highest BCUT2D eigenvalue weighted by Gasteiger charge is 2.16. The van der Waals surface area contributed by atoms with Crippen LogP contribution in [0.3, 0.4) is 0 Å². The quantitative estimate of drug-likeness (QED) is 0.914. The van der Waals surface area contributed by atoms with Crippen LogP contribution >= 0.6 is 0 Å². The molecule has 1 unspecified atom stereocenters. The summed E-state index contributed by atoms with van der Waals surface area (Å²) in [5, 5.41) is 6.74. The number of benzene rings is 1. The minimum absolute atomic E-state index is 0.0825. The molecule has 0 aliphatic carbocycles. The summed E-state index contributed by atoms with van der Waals surface area (Å²) in [7, 11) is 0. The fraction of sp³-hybridized carbons (Fsp3) is 0.474. The summed E-state index contributed by atoms with van der Waals surface area (Å²) in [5.74, 6) is 1.42. The molecule has 1 fully saturated rings. The fourth-order valence-electron chi connectivity index (χ4n) is 3.25. The number of amides is 1. The van der Waals surface area contributed by atoms with Crippen molar-refractivity contribution >= 4 is 11.6 Å². The molecule has 5 heteroatoms. The number of rotatable bonds is 5. The van der Waals surface area contributed by atoms with E-state index in [1.807, 2.05) is 19.1 Å². The minimum Gasteiger partial charge on any atom is -0.361 e. The molecule has 2 heterocycles. The van der Waals surface area contributed by atoms with Gasteiger partial charge in [0.15, 0.2) is 0 Å². The van der Waals surface area contributed by atoms with Crippen molar-refractivity contribution in [1.82, 2.24) is 10.1 Å². The van der Waals surface area contributed by atoms with Crippen LogP contribution in [0.25, 0.3) is 0 Å². The molecule has 0 radical (unpaired) electrons. The maximum atomic E-state index is 12.0. The number of aryl methyl sites for hydroxylation is 1. The van der Waals surface area contributed by atoms with Crippen molar-refractivity contribution in [3.63, 3.8) is 0 Å². The first-order valence-corrected chi connectivity index (χ1v) is 8.62. The average molecular weight is 327 g/mol. The Bertz CT molecular complexity index is 678. The number of carbonyl (C=O) groups is 1. The molecule has 1 atom stereocenters. The number of piperidine rings is 1. The molecule has 0 spiro atoms. The first-order valence-electron chi connectivity index (χ1n) is 8.62. The number of aromatic nitrogens is 1. The van der Waals surface area contributed by atoms with Gasteiger partial charge in [-0.2, -0.15) is 0 Å². The second-order valence-corrected chi connectivity index (χ2v) is 6.83. The molecule has 2 aromatic rings. The molecule has 1 amide bonds. The molecule has 1 aliphatic heterocycles. The zero-order valence-corrected chi connectivity index (χ0v) is 14.4. The lowest BCUT2D eigenvalue weighted by molar-refractivity contribution is -0.115. The van der Waals surface area contributed by atoms with Gasteiger partial charge in [-0.25, -0.2) is 0 Å². The highest BCUT2D eigenvalue weighted by atomic mass is 16.5. The predicted octanol–water partition coefficient (Wildman–Crippen LogP) is 3.40. The fourth-order valence-corrected chi connectivity index (χ4v) is 3.25. The number of carbonyl (C=O) groups excluding carboxylic acids is 1. The van der Waals surface area contributed by atoms with Gasteiger partial charge in [-0.1, -0.05) is 24.2 Å². The summed E-state index contributed by atoms with van der Waals surface area (Å²) in [6.07, 6.45) is 2.86. The number of anilines is 1. The summed E-state index contributed by atoms with van der Waals surface area (Å²) in [6, 6.07) is 9.90. The van der Waals surface area contributed by atoms with Crippen LogP contribution in [-0.2, 0) is 17.8 Å². The Kier molecular flexibility index (Phi) is 5.30. The van der Waals surface area contributed by atoms with E-state index >= 15 is 0 Å². The van der Waals surface area contributed by atoms with E-state index < -0.39 is 0 Å². The molecule has 5 nitrogen and oxygen atoms in total. The smallest absolute Gasteiger partial charge is 0.230 e. The molecule has 0 bridgehead atoms. The molecular formula is C19H25N3O2. The van der Waals surface area contributed by atoms with E-state index in [4.69, 9.17) is 4.52 Å². The summed E-state index contributed by atoms with van der Waals surface area (Å²) in [6.45, 7) is 7.48. The first kappa shape index (κ1) is 16.7. The van der Waals surface area contributed by atoms with Gasteiger partial charge in [0, 0.05) is 24.8 Å². The van der Waals surface area contributed by atoms with Crippen molar-refractivity contribution in [3.8, 4) is 0 Å². The van der Waals surface area contributed by atoms with Gasteiger partial charge in [-0.15, -0.1) is 0 Å². The van der Waals surface area contributed by atoms with Crippen LogP contribution < -0.4 is 5.32 Å². The van der Waals surface area contributed by atoms with Gasteiger partial charge in [0.1, 0.15) is 5.76 Å². The lowest BCUT2D eigenvalue weighted by atomic mass is 10.00. The monoisotopic (exact) mass is 327 g/mol. The summed E-state index contributed by atoms with van der Waals surface area (Å²) in [4.78, 5) is 14.5. The Morgan fingerprint density at radius 1 is 1.38 bits per heavy atom. The van der Waals surface area contributed by atoms with Gasteiger partial charge in [-0.05, 0) is 49.9 Å². The molecule has 1 N–H and O–H groups in total. The average Bonchev–Trinajstić information content (AvgIpc) is 2.94. The van der Waals surface area contributed by atoms with E-state index in [9.17, 15) is 4.79 Å². The van der Waals surface area contributed by atoms with E-state index in [0.717, 1.165) is 18.2 Å². The minimum atomic E-state index is -0.0825. The molecule has 0 saturated carbocycles. The normalized spacial score (nSPS) is 18.5. The lowest BCUT2D eigenvalue weighted by Gasteiger charge is -2.30. The third-order valence-corrected chi connectivity index (χ3v) is 4.40. The van der Waals surface area contributed by atoms with Crippen LogP contribution in [0.15, 0.2) is 34.9 Å². The van der Waals surface area contributed by atoms with Crippen molar-refractivity contribution < 1.29 is 9.32 Å². The topological polar surface area (TPSA) is 58.4 Å². The highest BCUT2D eigenvalue weighted by Crippen LogP contribution is 2.19. The van der Waals surface area contributed by atoms with Gasteiger partial charge in [0.2, 0.25) is 5.91 Å². The molecule has 1 saturated heterocycles. The molecule has 1 aromatic heterocycles. The van der Waals surface area contributed by atoms with Crippen LogP contribution in [0, 0.1) is 12.8 Å². The van der Waals surface area contributed by atoms with Crippen molar-refractivity contribution in [2.24, 2.45) is 5.92 Å². The number of nitrogens with one attached hydrogen (secondary N) is 1. The molecule has 1 aliphatic rings. The second-order valence-electron chi connectivity index (χ2n) is 6.83. The Morgan fingerprint density at radius 3 is 2.83 bits per heavy atom. The largest absolute Gasteiger partial charge is 0.361 e. The molecule has 1 aromatic carbocycles. The number of nitrogens with zero attached hydrogens (tertiary/aromatic N) is 2. The van der Waals surface area contributed by atoms with Gasteiger partial charge in [-0.3, -0.25) is 9.69 Å². The van der Waals surface area contributed by atoms with Crippen LogP contribution in [-0.4, -0.2) is 29.1 Å². The molecule has 128 valence electrons. The van der Waals surface area contributed by atoms with Crippen molar-refractivity contribution in [2.45, 2.75) is 39.7 Å². The third kappa shape index (κ3) is 4.68. The van der Waals surface area contributed by atoms with Gasteiger partial charge >= 0.3 is 0 Å². The van der Waals surface area contributed by atoms with Crippen LogP contribution in [0.1, 0.15) is 36.8 Å². The number of hydrogen-bond donors (Lipinski definition) is 1. The van der Waals surface area contributed by atoms with E-state index in [1.165, 1.54) is 31.5 Å². The Labute approximate surface area is 143 Å². The van der Waals surface area contributed by atoms with Gasteiger partial charge in [0.05, 0.1) is 12.1 Å². The van der Waals surface area contributed by atoms with Crippen LogP contribution in [0.2, 0.25) is 0 Å². The van der Waals surface area contributed by atoms with Gasteiger partial charge < -0.3 is 9.84 Å². The van der Waals surface area contributed by atoms with Crippen molar-refractivity contribution in [1.29, 1.82) is 0 Å². The number of hydrogen-bond acceptors (Lipinski definition) is 4. The van der Waals surface area contributed by atoms with Crippen molar-refractivity contribution in [2.75, 3.05) is 18.4 Å². The third-order valence-electron chi connectivity index (χ3n) is 4.40. The van der Waals surface area contributed by atoms with Crippen molar-refractivity contribution in [3.05, 3.63) is 47.3 Å². The van der Waals surface area contributed by atoms with Gasteiger partial charge in [0.25, 0.3) is 0 Å². The standard InChI is InChI=1S/C19H25N3O2/c1-14-4-3-9-22(12-14)13-16-5-7-17(8-6-16)20-19(23)11-18-10-15(2)24-21-18/h5-8,10,14H,3-4,9,11-13H2,1-2H3,(H,20,23). The second kappa shape index (κ2) is 7.62. The summed E-state index contributed by atoms with van der Waals surface area (Å²) < 4.78 is 4.98. The molecule has 24 heavy (non-hydrogen) atoms. The Hall–Kier alpha value is -2.14. The highest BCUT2D eigenvalue weighted by molar-refractivity contribution is 5.91. The van der Waals surface area contributed by atoms with E-state index in [0.29, 0.717) is 11.5 Å². The zero-order valence-electron chi connectivity index (χ0n) is 14.4. The first-order chi connectivity index (χ1) is 11.6.